The summed E-state index contributed by atoms with van der Waals surface area (Å²) in [5.41, 5.74) is 13.3. The van der Waals surface area contributed by atoms with Crippen molar-refractivity contribution in [1.29, 1.82) is 0 Å². The lowest BCUT2D eigenvalue weighted by Gasteiger charge is -2.29. The van der Waals surface area contributed by atoms with E-state index in [0.29, 0.717) is 36.3 Å². The van der Waals surface area contributed by atoms with Crippen LogP contribution in [0, 0.1) is 0 Å². The van der Waals surface area contributed by atoms with Crippen molar-refractivity contribution in [2.24, 2.45) is 0 Å². The first-order valence-electron chi connectivity index (χ1n) is 7.26. The van der Waals surface area contributed by atoms with Crippen LogP contribution in [0.3, 0.4) is 0 Å². The molecule has 1 aliphatic heterocycles. The number of rotatable bonds is 2. The summed E-state index contributed by atoms with van der Waals surface area (Å²) in [5, 5.41) is 7.70. The van der Waals surface area contributed by atoms with Crippen LogP contribution in [0.5, 0.6) is 5.88 Å². The molecule has 0 amide bonds. The summed E-state index contributed by atoms with van der Waals surface area (Å²) in [6, 6.07) is 3.77. The van der Waals surface area contributed by atoms with Crippen LogP contribution in [0.25, 0.3) is 11.0 Å². The van der Waals surface area contributed by atoms with Crippen molar-refractivity contribution in [3.05, 3.63) is 23.9 Å². The topological polar surface area (TPSA) is 132 Å². The molecule has 118 valence electrons. The Hall–Kier alpha value is -3.10. The van der Waals surface area contributed by atoms with Gasteiger partial charge in [0.05, 0.1) is 12.6 Å². The van der Waals surface area contributed by atoms with E-state index in [2.05, 4.69) is 30.0 Å². The molecule has 9 heteroatoms. The minimum absolute atomic E-state index is 0.0503. The molecule has 0 aromatic carbocycles. The number of anilines is 3. The van der Waals surface area contributed by atoms with Crippen molar-refractivity contribution in [2.45, 2.75) is 13.0 Å². The monoisotopic (exact) mass is 312 g/mol. The minimum atomic E-state index is -0.0503. The van der Waals surface area contributed by atoms with Crippen LogP contribution in [0.15, 0.2) is 18.3 Å². The molecule has 9 nitrogen and oxygen atoms in total. The number of H-pyrrole nitrogens is 1. The standard InChI is InChI=1S/C14H16N8O/c1-7(8-3-2-4-17-10(8)15)22-5-6-23-13-9-11(20-21-13)18-14(16)19-12(9)22/h2-4,7H,5-6H2,1H3,(H2,15,17)(H3,16,18,19,20,21). The molecule has 0 saturated carbocycles. The van der Waals surface area contributed by atoms with E-state index < -0.39 is 0 Å². The third kappa shape index (κ3) is 2.08. The highest BCUT2D eigenvalue weighted by molar-refractivity contribution is 5.93. The fraction of sp³-hybridized carbons (Fsp3) is 0.286. The van der Waals surface area contributed by atoms with Gasteiger partial charge in [0.1, 0.15) is 23.6 Å². The van der Waals surface area contributed by atoms with Gasteiger partial charge in [0.15, 0.2) is 5.65 Å². The summed E-state index contributed by atoms with van der Waals surface area (Å²) in [7, 11) is 0. The van der Waals surface area contributed by atoms with E-state index in [4.69, 9.17) is 16.2 Å². The van der Waals surface area contributed by atoms with Gasteiger partial charge in [-0.2, -0.15) is 9.97 Å². The van der Waals surface area contributed by atoms with Crippen LogP contribution in [0.2, 0.25) is 0 Å². The number of nitrogens with zero attached hydrogens (tertiary/aromatic N) is 5. The molecular formula is C14H16N8O. The number of hydrogen-bond acceptors (Lipinski definition) is 8. The molecule has 1 aliphatic rings. The number of pyridine rings is 1. The maximum atomic E-state index is 6.02. The Balaban J connectivity index is 1.88. The highest BCUT2D eigenvalue weighted by Crippen LogP contribution is 2.37. The number of aromatic amines is 1. The zero-order valence-electron chi connectivity index (χ0n) is 12.5. The zero-order chi connectivity index (χ0) is 16.0. The van der Waals surface area contributed by atoms with E-state index in [0.717, 1.165) is 10.9 Å². The Morgan fingerprint density at radius 2 is 2.22 bits per heavy atom. The number of nitrogens with two attached hydrogens (primary N) is 2. The number of ether oxygens (including phenoxy) is 1. The Morgan fingerprint density at radius 3 is 3.04 bits per heavy atom. The van der Waals surface area contributed by atoms with Gasteiger partial charge in [-0.1, -0.05) is 6.07 Å². The van der Waals surface area contributed by atoms with Gasteiger partial charge < -0.3 is 21.1 Å². The molecule has 23 heavy (non-hydrogen) atoms. The first kappa shape index (κ1) is 13.6. The molecule has 0 radical (unpaired) electrons. The van der Waals surface area contributed by atoms with Crippen molar-refractivity contribution < 1.29 is 4.74 Å². The van der Waals surface area contributed by atoms with E-state index in [1.807, 2.05) is 19.1 Å². The van der Waals surface area contributed by atoms with Gasteiger partial charge in [0.25, 0.3) is 0 Å². The number of aromatic nitrogens is 5. The van der Waals surface area contributed by atoms with Crippen molar-refractivity contribution in [3.63, 3.8) is 0 Å². The summed E-state index contributed by atoms with van der Waals surface area (Å²) >= 11 is 0. The Bertz CT molecular complexity index is 876. The molecule has 0 bridgehead atoms. The number of nitrogen functional groups attached to an aromatic ring is 2. The average Bonchev–Trinajstić information content (AvgIpc) is 2.84. The van der Waals surface area contributed by atoms with Crippen LogP contribution in [0.1, 0.15) is 18.5 Å². The SMILES string of the molecule is CC(c1cccnc1N)N1CCOc2n[nH]c3nc(N)nc1c23. The molecule has 1 atom stereocenters. The van der Waals surface area contributed by atoms with E-state index in [1.54, 1.807) is 6.20 Å². The fourth-order valence-corrected chi connectivity index (χ4v) is 2.89. The molecule has 0 spiro atoms. The fourth-order valence-electron chi connectivity index (χ4n) is 2.89. The Kier molecular flexibility index (Phi) is 2.93. The van der Waals surface area contributed by atoms with Gasteiger partial charge in [0.2, 0.25) is 11.8 Å². The summed E-state index contributed by atoms with van der Waals surface area (Å²) in [6.45, 7) is 3.14. The zero-order valence-corrected chi connectivity index (χ0v) is 12.5. The number of hydrogen-bond donors (Lipinski definition) is 3. The van der Waals surface area contributed by atoms with Crippen LogP contribution < -0.4 is 21.1 Å². The second-order valence-electron chi connectivity index (χ2n) is 5.35. The van der Waals surface area contributed by atoms with Gasteiger partial charge in [-0.05, 0) is 13.0 Å². The predicted octanol–water partition coefficient (Wildman–Crippen LogP) is 0.872. The van der Waals surface area contributed by atoms with Gasteiger partial charge in [-0.15, -0.1) is 5.10 Å². The van der Waals surface area contributed by atoms with Gasteiger partial charge in [-0.3, -0.25) is 5.10 Å². The van der Waals surface area contributed by atoms with E-state index in [9.17, 15) is 0 Å². The lowest BCUT2D eigenvalue weighted by Crippen LogP contribution is -2.31. The molecule has 4 heterocycles. The molecule has 4 rings (SSSR count). The van der Waals surface area contributed by atoms with E-state index in [-0.39, 0.29) is 12.0 Å². The molecule has 0 saturated heterocycles. The molecule has 1 unspecified atom stereocenters. The predicted molar refractivity (Wildman–Crippen MR) is 86.0 cm³/mol. The number of nitrogens with one attached hydrogen (secondary N) is 1. The lowest BCUT2D eigenvalue weighted by molar-refractivity contribution is 0.315. The Labute approximate surface area is 131 Å². The van der Waals surface area contributed by atoms with Crippen LogP contribution in [-0.4, -0.2) is 38.3 Å². The summed E-state index contributed by atoms with van der Waals surface area (Å²) < 4.78 is 5.70. The summed E-state index contributed by atoms with van der Waals surface area (Å²) in [5.74, 6) is 1.85. The third-order valence-electron chi connectivity index (χ3n) is 4.02. The molecule has 3 aromatic rings. The Morgan fingerprint density at radius 1 is 1.35 bits per heavy atom. The largest absolute Gasteiger partial charge is 0.474 e. The third-order valence-corrected chi connectivity index (χ3v) is 4.02. The minimum Gasteiger partial charge on any atom is -0.474 e. The van der Waals surface area contributed by atoms with Crippen LogP contribution in [0.4, 0.5) is 17.6 Å². The molecule has 3 aromatic heterocycles. The van der Waals surface area contributed by atoms with Crippen molar-refractivity contribution in [2.75, 3.05) is 29.5 Å². The van der Waals surface area contributed by atoms with Crippen molar-refractivity contribution in [3.8, 4) is 5.88 Å². The molecule has 0 aliphatic carbocycles. The molecule has 5 N–H and O–H groups in total. The first-order valence-corrected chi connectivity index (χ1v) is 7.26. The second kappa shape index (κ2) is 4.97. The highest BCUT2D eigenvalue weighted by atomic mass is 16.5. The summed E-state index contributed by atoms with van der Waals surface area (Å²) in [6.07, 6.45) is 1.67. The maximum Gasteiger partial charge on any atom is 0.246 e. The van der Waals surface area contributed by atoms with Crippen LogP contribution >= 0.6 is 0 Å². The quantitative estimate of drug-likeness (QED) is 0.635. The maximum absolute atomic E-state index is 6.02. The first-order chi connectivity index (χ1) is 11.1. The van der Waals surface area contributed by atoms with Crippen molar-refractivity contribution >= 4 is 28.6 Å². The van der Waals surface area contributed by atoms with Crippen LogP contribution in [-0.2, 0) is 0 Å². The van der Waals surface area contributed by atoms with Crippen molar-refractivity contribution in [1.82, 2.24) is 25.1 Å². The highest BCUT2D eigenvalue weighted by Gasteiger charge is 2.28. The molecule has 0 fully saturated rings. The smallest absolute Gasteiger partial charge is 0.246 e. The van der Waals surface area contributed by atoms with Gasteiger partial charge in [-0.25, -0.2) is 4.98 Å². The summed E-state index contributed by atoms with van der Waals surface area (Å²) in [4.78, 5) is 14.8. The lowest BCUT2D eigenvalue weighted by atomic mass is 10.1. The second-order valence-corrected chi connectivity index (χ2v) is 5.35. The van der Waals surface area contributed by atoms with Gasteiger partial charge >= 0.3 is 0 Å². The average molecular weight is 312 g/mol. The van der Waals surface area contributed by atoms with E-state index in [1.165, 1.54) is 0 Å². The molecular weight excluding hydrogens is 296 g/mol. The van der Waals surface area contributed by atoms with E-state index >= 15 is 0 Å². The normalized spacial score (nSPS) is 15.3. The van der Waals surface area contributed by atoms with Gasteiger partial charge in [0, 0.05) is 11.8 Å².